The molecule has 8 amide bonds. The number of hydrogen-bond acceptors (Lipinski definition) is 8. The first-order valence-corrected chi connectivity index (χ1v) is 22.7. The van der Waals surface area contributed by atoms with Crippen LogP contribution in [0.5, 0.6) is 0 Å². The number of rotatable bonds is 6. The zero-order valence-corrected chi connectivity index (χ0v) is 36.7. The highest BCUT2D eigenvalue weighted by Crippen LogP contribution is 2.48. The lowest BCUT2D eigenvalue weighted by Crippen LogP contribution is -2.44. The van der Waals surface area contributed by atoms with Crippen LogP contribution in [0.2, 0.25) is 0 Å². The quantitative estimate of drug-likeness (QED) is 0.0911. The van der Waals surface area contributed by atoms with Gasteiger partial charge in [0, 0.05) is 92.7 Å². The Morgan fingerprint density at radius 1 is 0.309 bits per heavy atom. The van der Waals surface area contributed by atoms with Crippen molar-refractivity contribution in [1.82, 2.24) is 19.6 Å². The van der Waals surface area contributed by atoms with Crippen molar-refractivity contribution in [3.63, 3.8) is 0 Å². The molecule has 10 aromatic rings. The summed E-state index contributed by atoms with van der Waals surface area (Å²) >= 11 is 0. The summed E-state index contributed by atoms with van der Waals surface area (Å²) in [4.78, 5) is 116. The SMILES string of the molecule is CC(C)CN1C(=O)c2ccc3c4ccc5c6c(ccc(c7ccc(c2c37)C1=O)c64)C(=O)N(CCCN1C(=O)c2ccc3c4ccc6c7c(ccc(c8ccc(c2c38)C1=O)c74)C(=O)N(C)C6=O)C5=O. The molecule has 14 rings (SSSR count). The molecular weight excluding hydrogens is 857 g/mol. The maximum atomic E-state index is 14.4. The van der Waals surface area contributed by atoms with E-state index in [2.05, 4.69) is 0 Å². The Morgan fingerprint density at radius 3 is 0.765 bits per heavy atom. The molecule has 0 spiro atoms. The van der Waals surface area contributed by atoms with Crippen LogP contribution in [-0.2, 0) is 0 Å². The van der Waals surface area contributed by atoms with Gasteiger partial charge in [-0.05, 0) is 126 Å². The van der Waals surface area contributed by atoms with Gasteiger partial charge in [-0.25, -0.2) is 0 Å². The summed E-state index contributed by atoms with van der Waals surface area (Å²) in [5.41, 5.74) is 3.24. The monoisotopic (exact) mass is 890 g/mol. The fourth-order valence-electron chi connectivity index (χ4n) is 12.1. The summed E-state index contributed by atoms with van der Waals surface area (Å²) in [6, 6.07) is 28.9. The number of fused-ring (bicyclic) bond motifs is 4. The van der Waals surface area contributed by atoms with Crippen molar-refractivity contribution in [3.05, 3.63) is 142 Å². The van der Waals surface area contributed by atoms with Crippen LogP contribution in [0, 0.1) is 5.92 Å². The van der Waals surface area contributed by atoms with E-state index < -0.39 is 23.6 Å². The molecule has 12 heteroatoms. The predicted octanol–water partition coefficient (Wildman–Crippen LogP) is 9.55. The average Bonchev–Trinajstić information content (AvgIpc) is 3.34. The number of imide groups is 4. The van der Waals surface area contributed by atoms with Crippen molar-refractivity contribution in [2.75, 3.05) is 26.7 Å². The van der Waals surface area contributed by atoms with E-state index in [0.717, 1.165) is 69.5 Å². The first-order valence-electron chi connectivity index (χ1n) is 22.7. The maximum Gasteiger partial charge on any atom is 0.261 e. The van der Waals surface area contributed by atoms with Crippen LogP contribution in [-0.4, -0.2) is 93.5 Å². The van der Waals surface area contributed by atoms with Gasteiger partial charge in [0.15, 0.2) is 0 Å². The summed E-state index contributed by atoms with van der Waals surface area (Å²) in [7, 11) is 1.47. The van der Waals surface area contributed by atoms with Gasteiger partial charge in [0.2, 0.25) is 0 Å². The van der Waals surface area contributed by atoms with Crippen molar-refractivity contribution < 1.29 is 38.4 Å². The second-order valence-corrected chi connectivity index (χ2v) is 18.9. The number of carbonyl (C=O) groups excluding carboxylic acids is 8. The van der Waals surface area contributed by atoms with Crippen LogP contribution in [0.4, 0.5) is 0 Å². The second kappa shape index (κ2) is 12.8. The Morgan fingerprint density at radius 2 is 0.529 bits per heavy atom. The number of amides is 8. The predicted molar refractivity (Wildman–Crippen MR) is 257 cm³/mol. The molecule has 12 nitrogen and oxygen atoms in total. The van der Waals surface area contributed by atoms with Crippen molar-refractivity contribution >= 4 is 133 Å². The molecule has 0 saturated carbocycles. The lowest BCUT2D eigenvalue weighted by molar-refractivity contribution is 0.0564. The molecule has 4 heterocycles. The summed E-state index contributed by atoms with van der Waals surface area (Å²) < 4.78 is 0. The second-order valence-electron chi connectivity index (χ2n) is 18.9. The van der Waals surface area contributed by atoms with Crippen molar-refractivity contribution in [2.45, 2.75) is 20.3 Å². The van der Waals surface area contributed by atoms with Crippen LogP contribution >= 0.6 is 0 Å². The van der Waals surface area contributed by atoms with Gasteiger partial charge < -0.3 is 0 Å². The van der Waals surface area contributed by atoms with Crippen LogP contribution in [0.25, 0.3) is 86.2 Å². The summed E-state index contributed by atoms with van der Waals surface area (Å²) in [6.07, 6.45) is 0.136. The van der Waals surface area contributed by atoms with E-state index in [1.807, 2.05) is 62.4 Å². The molecule has 0 aromatic heterocycles. The van der Waals surface area contributed by atoms with Gasteiger partial charge in [-0.1, -0.05) is 62.4 Å². The fourth-order valence-corrected chi connectivity index (χ4v) is 12.1. The molecule has 326 valence electrons. The van der Waals surface area contributed by atoms with Gasteiger partial charge >= 0.3 is 0 Å². The molecular formula is C56H34N4O8. The lowest BCUT2D eigenvalue weighted by Gasteiger charge is -2.31. The number of carbonyl (C=O) groups is 8. The molecule has 0 fully saturated rings. The van der Waals surface area contributed by atoms with Crippen LogP contribution in [0.3, 0.4) is 0 Å². The van der Waals surface area contributed by atoms with Gasteiger partial charge in [-0.3, -0.25) is 58.0 Å². The highest BCUT2D eigenvalue weighted by Gasteiger charge is 2.39. The minimum Gasteiger partial charge on any atom is -0.277 e. The van der Waals surface area contributed by atoms with Gasteiger partial charge in [0.25, 0.3) is 47.3 Å². The maximum absolute atomic E-state index is 14.4. The molecule has 0 N–H and O–H groups in total. The van der Waals surface area contributed by atoms with Gasteiger partial charge in [0.05, 0.1) is 0 Å². The number of nitrogens with zero attached hydrogens (tertiary/aromatic N) is 4. The third-order valence-corrected chi connectivity index (χ3v) is 15.0. The number of hydrogen-bond donors (Lipinski definition) is 0. The highest BCUT2D eigenvalue weighted by atomic mass is 16.2. The standard InChI is InChI=1S/C56H34N4O8/c1-24(2)23-60-55(67)39-19-11-31-29-9-17-37-47-38(18-10-30(43(29)47)32-12-20-40(56(60)68)48(39)44(31)32)54(66)59(53(37)65)22-4-21-58-51(63)35-15-7-27-25-5-13-33-45-34(50(62)57(3)49(33)61)14-6-26(41(25)45)28-8-16-36(52(58)64)46(35)42(27)28/h5-20,24H,4,21-23H2,1-3H3. The third kappa shape index (κ3) is 4.49. The first kappa shape index (κ1) is 38.6. The Labute approximate surface area is 384 Å². The highest BCUT2D eigenvalue weighted by molar-refractivity contribution is 6.43. The molecule has 0 radical (unpaired) electrons. The van der Waals surface area contributed by atoms with Gasteiger partial charge in [-0.2, -0.15) is 0 Å². The van der Waals surface area contributed by atoms with E-state index in [0.29, 0.717) is 72.6 Å². The van der Waals surface area contributed by atoms with Crippen molar-refractivity contribution in [1.29, 1.82) is 0 Å². The summed E-state index contributed by atoms with van der Waals surface area (Å²) in [5, 5.41) is 11.7. The van der Waals surface area contributed by atoms with E-state index in [4.69, 9.17) is 0 Å². The normalized spacial score (nSPS) is 16.1. The molecule has 0 bridgehead atoms. The summed E-state index contributed by atoms with van der Waals surface area (Å²) in [6.45, 7) is 4.15. The Kier molecular flexibility index (Phi) is 7.28. The van der Waals surface area contributed by atoms with Crippen LogP contribution < -0.4 is 0 Å². The Hall–Kier alpha value is -8.64. The zero-order valence-electron chi connectivity index (χ0n) is 36.7. The molecule has 10 aromatic carbocycles. The molecule has 0 saturated heterocycles. The smallest absolute Gasteiger partial charge is 0.261 e. The third-order valence-electron chi connectivity index (χ3n) is 15.0. The summed E-state index contributed by atoms with van der Waals surface area (Å²) in [5.74, 6) is -3.23. The van der Waals surface area contributed by atoms with Crippen molar-refractivity contribution in [2.24, 2.45) is 5.92 Å². The van der Waals surface area contributed by atoms with Crippen molar-refractivity contribution in [3.8, 4) is 0 Å². The van der Waals surface area contributed by atoms with Gasteiger partial charge in [0.1, 0.15) is 0 Å². The Bertz CT molecular complexity index is 3980. The largest absolute Gasteiger partial charge is 0.277 e. The van der Waals surface area contributed by atoms with Crippen LogP contribution in [0.1, 0.15) is 103 Å². The Balaban J connectivity index is 0.792. The molecule has 68 heavy (non-hydrogen) atoms. The molecule has 0 atom stereocenters. The van der Waals surface area contributed by atoms with E-state index in [-0.39, 0.29) is 49.1 Å². The molecule has 0 unspecified atom stereocenters. The minimum absolute atomic E-state index is 0.0471. The minimum atomic E-state index is -0.482. The van der Waals surface area contributed by atoms with E-state index >= 15 is 0 Å². The molecule has 4 aliphatic rings. The number of benzene rings is 10. The van der Waals surface area contributed by atoms with E-state index in [9.17, 15) is 38.4 Å². The topological polar surface area (TPSA) is 150 Å². The average molecular weight is 891 g/mol. The van der Waals surface area contributed by atoms with E-state index in [1.54, 1.807) is 48.5 Å². The van der Waals surface area contributed by atoms with E-state index in [1.165, 1.54) is 21.7 Å². The van der Waals surface area contributed by atoms with Gasteiger partial charge in [-0.15, -0.1) is 0 Å². The lowest BCUT2D eigenvalue weighted by atomic mass is 9.82. The van der Waals surface area contributed by atoms with Crippen LogP contribution in [0.15, 0.2) is 97.1 Å². The zero-order chi connectivity index (χ0) is 46.5. The fraction of sp³-hybridized carbons (Fsp3) is 0.143. The first-order chi connectivity index (χ1) is 32.8. The molecule has 0 aliphatic carbocycles. The molecule has 4 aliphatic heterocycles.